The topological polar surface area (TPSA) is 6.48 Å². The molecule has 0 bridgehead atoms. The molecule has 69 heavy (non-hydrogen) atoms. The number of para-hydroxylation sites is 1. The summed E-state index contributed by atoms with van der Waals surface area (Å²) in [5.74, 6) is 0. The van der Waals surface area contributed by atoms with Crippen LogP contribution in [-0.2, 0) is 5.41 Å². The van der Waals surface area contributed by atoms with Gasteiger partial charge in [0.25, 0.3) is 0 Å². The molecule has 2 heteroatoms. The van der Waals surface area contributed by atoms with Gasteiger partial charge in [-0.25, -0.2) is 0 Å². The van der Waals surface area contributed by atoms with E-state index in [-0.39, 0.29) is 0 Å². The van der Waals surface area contributed by atoms with Gasteiger partial charge >= 0.3 is 0 Å². The lowest BCUT2D eigenvalue weighted by atomic mass is 9.67. The van der Waals surface area contributed by atoms with E-state index in [9.17, 15) is 0 Å². The molecule has 0 spiro atoms. The zero-order valence-corrected chi connectivity index (χ0v) is 37.8. The number of hydrogen-bond donors (Lipinski definition) is 0. The normalized spacial score (nSPS) is 13.0. The van der Waals surface area contributed by atoms with E-state index in [1.54, 1.807) is 0 Å². The van der Waals surface area contributed by atoms with Gasteiger partial charge in [0.15, 0.2) is 0 Å². The average molecular weight is 877 g/mol. The summed E-state index contributed by atoms with van der Waals surface area (Å²) in [5.41, 5.74) is 18.9. The van der Waals surface area contributed by atoms with Gasteiger partial charge in [-0.15, -0.1) is 0 Å². The maximum absolute atomic E-state index is 2.50. The summed E-state index contributed by atoms with van der Waals surface area (Å²) in [4.78, 5) is 4.91. The first kappa shape index (κ1) is 39.2. The van der Waals surface area contributed by atoms with Crippen molar-refractivity contribution in [3.05, 3.63) is 289 Å². The second kappa shape index (κ2) is 15.6. The van der Waals surface area contributed by atoms with Crippen molar-refractivity contribution in [2.75, 3.05) is 9.80 Å². The minimum atomic E-state index is -0.497. The monoisotopic (exact) mass is 876 g/mol. The SMILES string of the molecule is c1ccc(N(c2ccc(-c3ccc4c5c(cccc35)-c3ccc5ccccc5c3N4c3ccc4ccccc4c3)cc2)c2ccc3c(c2)C(c2ccccc2)(c2ccccc2)c2ccccc2-3)cc1. The third-order valence-corrected chi connectivity index (χ3v) is 14.8. The van der Waals surface area contributed by atoms with Crippen molar-refractivity contribution in [3.63, 3.8) is 0 Å². The second-order valence-electron chi connectivity index (χ2n) is 18.4. The Morgan fingerprint density at radius 3 is 1.67 bits per heavy atom. The Morgan fingerprint density at radius 2 is 0.884 bits per heavy atom. The fourth-order valence-electron chi connectivity index (χ4n) is 11.9. The minimum absolute atomic E-state index is 0.497. The van der Waals surface area contributed by atoms with Gasteiger partial charge in [0.05, 0.1) is 16.8 Å². The number of anilines is 6. The zero-order valence-electron chi connectivity index (χ0n) is 37.8. The van der Waals surface area contributed by atoms with Crippen molar-refractivity contribution in [1.29, 1.82) is 0 Å². The molecule has 0 atom stereocenters. The summed E-state index contributed by atoms with van der Waals surface area (Å²) in [7, 11) is 0. The van der Waals surface area contributed by atoms with Crippen molar-refractivity contribution in [1.82, 2.24) is 0 Å². The summed E-state index contributed by atoms with van der Waals surface area (Å²) in [5, 5.41) is 7.44. The Morgan fingerprint density at radius 1 is 0.319 bits per heavy atom. The van der Waals surface area contributed by atoms with E-state index in [2.05, 4.69) is 277 Å². The van der Waals surface area contributed by atoms with Crippen LogP contribution in [0, 0.1) is 0 Å². The maximum Gasteiger partial charge on any atom is 0.0714 e. The first-order valence-corrected chi connectivity index (χ1v) is 23.9. The van der Waals surface area contributed by atoms with Crippen LogP contribution in [0.25, 0.3) is 65.7 Å². The molecule has 2 aliphatic rings. The van der Waals surface area contributed by atoms with Gasteiger partial charge in [-0.3, -0.25) is 0 Å². The lowest BCUT2D eigenvalue weighted by Crippen LogP contribution is -2.28. The molecule has 0 aromatic heterocycles. The summed E-state index contributed by atoms with van der Waals surface area (Å²) in [6, 6.07) is 98.6. The Hall–Kier alpha value is -8.98. The molecular weight excluding hydrogens is 833 g/mol. The lowest BCUT2D eigenvalue weighted by Gasteiger charge is -2.35. The van der Waals surface area contributed by atoms with Gasteiger partial charge in [-0.2, -0.15) is 0 Å². The number of hydrogen-bond acceptors (Lipinski definition) is 2. The molecule has 1 heterocycles. The smallest absolute Gasteiger partial charge is 0.0714 e. The predicted molar refractivity (Wildman–Crippen MR) is 290 cm³/mol. The highest BCUT2D eigenvalue weighted by atomic mass is 15.2. The van der Waals surface area contributed by atoms with Crippen LogP contribution >= 0.6 is 0 Å². The summed E-state index contributed by atoms with van der Waals surface area (Å²) in [6.45, 7) is 0. The van der Waals surface area contributed by atoms with Gasteiger partial charge in [0, 0.05) is 39.1 Å². The van der Waals surface area contributed by atoms with Crippen LogP contribution in [0.3, 0.4) is 0 Å². The van der Waals surface area contributed by atoms with Crippen LogP contribution in [0.1, 0.15) is 22.3 Å². The lowest BCUT2D eigenvalue weighted by molar-refractivity contribution is 0.768. The quantitative estimate of drug-likeness (QED) is 0.157. The standard InChI is InChI=1S/C67H44N2/c1-4-20-49(21-5-1)67(50-22-6-2-7-23-50)62-30-15-14-27-57(62)58-40-38-54(44-63(58)67)68(51-24-8-3-9-25-51)52-35-32-47(33-36-52)55-41-42-64-65-59(55)28-16-29-60(65)61-39-34-46-18-12-13-26-56(46)66(61)69(64)53-37-31-45-17-10-11-19-48(45)43-53/h1-44H. The van der Waals surface area contributed by atoms with E-state index in [1.807, 2.05) is 0 Å². The molecule has 0 unspecified atom stereocenters. The van der Waals surface area contributed by atoms with Crippen LogP contribution in [0.4, 0.5) is 34.1 Å². The van der Waals surface area contributed by atoms with E-state index in [0.29, 0.717) is 0 Å². The molecule has 0 fully saturated rings. The molecule has 0 radical (unpaired) electrons. The highest BCUT2D eigenvalue weighted by Crippen LogP contribution is 2.58. The minimum Gasteiger partial charge on any atom is -0.310 e. The second-order valence-corrected chi connectivity index (χ2v) is 18.4. The molecule has 0 amide bonds. The fourth-order valence-corrected chi connectivity index (χ4v) is 11.9. The summed E-state index contributed by atoms with van der Waals surface area (Å²) >= 11 is 0. The van der Waals surface area contributed by atoms with Gasteiger partial charge in [0.1, 0.15) is 0 Å². The molecular formula is C67H44N2. The highest BCUT2D eigenvalue weighted by molar-refractivity contribution is 6.21. The third-order valence-electron chi connectivity index (χ3n) is 14.8. The van der Waals surface area contributed by atoms with Crippen LogP contribution in [0.5, 0.6) is 0 Å². The number of benzene rings is 12. The zero-order chi connectivity index (χ0) is 45.5. The fraction of sp³-hybridized carbons (Fsp3) is 0.0149. The summed E-state index contributed by atoms with van der Waals surface area (Å²) < 4.78 is 0. The van der Waals surface area contributed by atoms with E-state index in [0.717, 1.165) is 22.7 Å². The van der Waals surface area contributed by atoms with Gasteiger partial charge < -0.3 is 9.80 Å². The molecule has 12 aromatic rings. The van der Waals surface area contributed by atoms with Gasteiger partial charge in [-0.05, 0) is 126 Å². The molecule has 322 valence electrons. The molecule has 2 nitrogen and oxygen atoms in total. The molecule has 0 saturated heterocycles. The van der Waals surface area contributed by atoms with Crippen molar-refractivity contribution in [2.24, 2.45) is 0 Å². The molecule has 1 aliphatic heterocycles. The van der Waals surface area contributed by atoms with Crippen LogP contribution in [-0.4, -0.2) is 0 Å². The van der Waals surface area contributed by atoms with Crippen molar-refractivity contribution in [2.45, 2.75) is 5.41 Å². The van der Waals surface area contributed by atoms with Crippen molar-refractivity contribution < 1.29 is 0 Å². The Balaban J connectivity index is 0.924. The Bertz CT molecular complexity index is 3910. The highest BCUT2D eigenvalue weighted by Gasteiger charge is 2.46. The van der Waals surface area contributed by atoms with Crippen LogP contribution in [0.2, 0.25) is 0 Å². The van der Waals surface area contributed by atoms with Crippen LogP contribution < -0.4 is 9.80 Å². The third kappa shape index (κ3) is 5.92. The molecule has 0 saturated carbocycles. The first-order chi connectivity index (χ1) is 34.2. The molecule has 1 aliphatic carbocycles. The summed E-state index contributed by atoms with van der Waals surface area (Å²) in [6.07, 6.45) is 0. The van der Waals surface area contributed by atoms with Gasteiger partial charge in [-0.1, -0.05) is 212 Å². The van der Waals surface area contributed by atoms with Gasteiger partial charge in [0.2, 0.25) is 0 Å². The average Bonchev–Trinajstić information content (AvgIpc) is 3.72. The van der Waals surface area contributed by atoms with E-state index in [4.69, 9.17) is 0 Å². The van der Waals surface area contributed by atoms with Crippen molar-refractivity contribution in [3.8, 4) is 33.4 Å². The molecule has 12 aromatic carbocycles. The van der Waals surface area contributed by atoms with E-state index >= 15 is 0 Å². The van der Waals surface area contributed by atoms with E-state index in [1.165, 1.54) is 99.3 Å². The largest absolute Gasteiger partial charge is 0.310 e. The predicted octanol–water partition coefficient (Wildman–Crippen LogP) is 18.1. The molecule has 0 N–H and O–H groups in total. The maximum atomic E-state index is 2.50. The number of fused-ring (bicyclic) bond motifs is 8. The van der Waals surface area contributed by atoms with E-state index < -0.39 is 5.41 Å². The Labute approximate surface area is 402 Å². The molecule has 14 rings (SSSR count). The van der Waals surface area contributed by atoms with Crippen LogP contribution in [0.15, 0.2) is 267 Å². The number of rotatable bonds is 7. The Kier molecular flexibility index (Phi) is 8.84. The first-order valence-electron chi connectivity index (χ1n) is 23.9. The van der Waals surface area contributed by atoms with Crippen molar-refractivity contribution >= 4 is 66.4 Å². The number of nitrogens with zero attached hydrogens (tertiary/aromatic N) is 2.